The van der Waals surface area contributed by atoms with Gasteiger partial charge >= 0.3 is 0 Å². The molecule has 112 valence electrons. The standard InChI is InChI=1S/C16H25NO3/c1-11-8-12(2)13(3)14(9-11)20-7-6-15(19)17-16(4,5)10-18/h8-9,18H,6-7,10H2,1-5H3,(H,17,19). The Labute approximate surface area is 121 Å². The number of carbonyl (C=O) groups is 1. The van der Waals surface area contributed by atoms with Gasteiger partial charge in [0, 0.05) is 0 Å². The Kier molecular flexibility index (Phi) is 5.57. The molecule has 0 radical (unpaired) electrons. The van der Waals surface area contributed by atoms with E-state index in [2.05, 4.69) is 11.4 Å². The van der Waals surface area contributed by atoms with Gasteiger partial charge in [0.25, 0.3) is 0 Å². The third kappa shape index (κ3) is 4.85. The van der Waals surface area contributed by atoms with Crippen LogP contribution in [0.1, 0.15) is 37.0 Å². The number of hydrogen-bond acceptors (Lipinski definition) is 3. The molecular formula is C16H25NO3. The number of aryl methyl sites for hydroxylation is 2. The minimum atomic E-state index is -0.590. The molecule has 0 bridgehead atoms. The van der Waals surface area contributed by atoms with Gasteiger partial charge in [-0.1, -0.05) is 6.07 Å². The molecule has 1 aromatic rings. The van der Waals surface area contributed by atoms with E-state index < -0.39 is 5.54 Å². The molecule has 0 aliphatic rings. The molecule has 1 rings (SSSR count). The van der Waals surface area contributed by atoms with Crippen molar-refractivity contribution >= 4 is 5.91 Å². The lowest BCUT2D eigenvalue weighted by Crippen LogP contribution is -2.46. The van der Waals surface area contributed by atoms with E-state index in [1.807, 2.05) is 26.8 Å². The summed E-state index contributed by atoms with van der Waals surface area (Å²) in [5.41, 5.74) is 2.85. The van der Waals surface area contributed by atoms with Gasteiger partial charge in [0.1, 0.15) is 5.75 Å². The second kappa shape index (κ2) is 6.75. The quantitative estimate of drug-likeness (QED) is 0.840. The van der Waals surface area contributed by atoms with Crippen LogP contribution in [0.15, 0.2) is 12.1 Å². The van der Waals surface area contributed by atoms with E-state index in [9.17, 15) is 4.79 Å². The van der Waals surface area contributed by atoms with E-state index in [4.69, 9.17) is 9.84 Å². The molecule has 1 amide bonds. The molecule has 0 aliphatic heterocycles. The van der Waals surface area contributed by atoms with Gasteiger partial charge in [0.05, 0.1) is 25.2 Å². The summed E-state index contributed by atoms with van der Waals surface area (Å²) in [6.45, 7) is 9.88. The second-order valence-electron chi connectivity index (χ2n) is 5.89. The van der Waals surface area contributed by atoms with Crippen LogP contribution < -0.4 is 10.1 Å². The molecule has 4 heteroatoms. The predicted octanol–water partition coefficient (Wildman–Crippen LogP) is 2.27. The highest BCUT2D eigenvalue weighted by atomic mass is 16.5. The highest BCUT2D eigenvalue weighted by molar-refractivity contribution is 5.76. The second-order valence-corrected chi connectivity index (χ2v) is 5.89. The van der Waals surface area contributed by atoms with E-state index in [0.717, 1.165) is 16.9 Å². The van der Waals surface area contributed by atoms with Crippen molar-refractivity contribution in [3.05, 3.63) is 28.8 Å². The number of aliphatic hydroxyl groups is 1. The van der Waals surface area contributed by atoms with Crippen molar-refractivity contribution in [3.63, 3.8) is 0 Å². The van der Waals surface area contributed by atoms with Crippen LogP contribution in [0, 0.1) is 20.8 Å². The molecule has 0 atom stereocenters. The van der Waals surface area contributed by atoms with Crippen LogP contribution >= 0.6 is 0 Å². The molecule has 2 N–H and O–H groups in total. The van der Waals surface area contributed by atoms with Crippen LogP contribution in [0.4, 0.5) is 0 Å². The Bertz CT molecular complexity index is 481. The van der Waals surface area contributed by atoms with E-state index in [0.29, 0.717) is 6.61 Å². The fourth-order valence-corrected chi connectivity index (χ4v) is 1.88. The first-order valence-corrected chi connectivity index (χ1v) is 6.87. The normalized spacial score (nSPS) is 11.3. The van der Waals surface area contributed by atoms with Crippen molar-refractivity contribution in [3.8, 4) is 5.75 Å². The lowest BCUT2D eigenvalue weighted by Gasteiger charge is -2.23. The average Bonchev–Trinajstić information content (AvgIpc) is 2.34. The molecule has 0 aromatic heterocycles. The zero-order valence-corrected chi connectivity index (χ0v) is 13.0. The van der Waals surface area contributed by atoms with Crippen molar-refractivity contribution in [2.24, 2.45) is 0 Å². The first-order valence-electron chi connectivity index (χ1n) is 6.87. The van der Waals surface area contributed by atoms with Gasteiger partial charge in [0.2, 0.25) is 5.91 Å². The van der Waals surface area contributed by atoms with Crippen LogP contribution in [-0.4, -0.2) is 29.8 Å². The van der Waals surface area contributed by atoms with Crippen molar-refractivity contribution in [2.75, 3.05) is 13.2 Å². The van der Waals surface area contributed by atoms with Crippen LogP contribution in [0.2, 0.25) is 0 Å². The van der Waals surface area contributed by atoms with Crippen molar-refractivity contribution in [2.45, 2.75) is 46.6 Å². The number of carbonyl (C=O) groups excluding carboxylic acids is 1. The van der Waals surface area contributed by atoms with Gasteiger partial charge in [0.15, 0.2) is 0 Å². The molecule has 4 nitrogen and oxygen atoms in total. The highest BCUT2D eigenvalue weighted by Gasteiger charge is 2.18. The topological polar surface area (TPSA) is 58.6 Å². The van der Waals surface area contributed by atoms with Crippen molar-refractivity contribution in [1.29, 1.82) is 0 Å². The summed E-state index contributed by atoms with van der Waals surface area (Å²) in [4.78, 5) is 11.7. The van der Waals surface area contributed by atoms with Gasteiger partial charge in [-0.2, -0.15) is 0 Å². The monoisotopic (exact) mass is 279 g/mol. The fourth-order valence-electron chi connectivity index (χ4n) is 1.88. The number of ether oxygens (including phenoxy) is 1. The van der Waals surface area contributed by atoms with Gasteiger partial charge in [-0.15, -0.1) is 0 Å². The SMILES string of the molecule is Cc1cc(C)c(C)c(OCCC(=O)NC(C)(C)CO)c1. The van der Waals surface area contributed by atoms with Crippen molar-refractivity contribution in [1.82, 2.24) is 5.32 Å². The maximum atomic E-state index is 11.7. The van der Waals surface area contributed by atoms with Gasteiger partial charge in [-0.3, -0.25) is 4.79 Å². The third-order valence-electron chi connectivity index (χ3n) is 3.22. The number of rotatable bonds is 6. The molecule has 0 heterocycles. The summed E-state index contributed by atoms with van der Waals surface area (Å²) < 4.78 is 5.69. The minimum absolute atomic E-state index is 0.0875. The highest BCUT2D eigenvalue weighted by Crippen LogP contribution is 2.23. The van der Waals surface area contributed by atoms with Gasteiger partial charge in [-0.25, -0.2) is 0 Å². The van der Waals surface area contributed by atoms with E-state index >= 15 is 0 Å². The Morgan fingerprint density at radius 3 is 2.55 bits per heavy atom. The Hall–Kier alpha value is -1.55. The summed E-state index contributed by atoms with van der Waals surface area (Å²) in [5.74, 6) is 0.711. The molecular weight excluding hydrogens is 254 g/mol. The molecule has 20 heavy (non-hydrogen) atoms. The summed E-state index contributed by atoms with van der Waals surface area (Å²) >= 11 is 0. The first-order chi connectivity index (χ1) is 9.25. The smallest absolute Gasteiger partial charge is 0.223 e. The lowest BCUT2D eigenvalue weighted by atomic mass is 10.1. The number of aliphatic hydroxyl groups excluding tert-OH is 1. The van der Waals surface area contributed by atoms with E-state index in [-0.39, 0.29) is 18.9 Å². The number of amides is 1. The van der Waals surface area contributed by atoms with E-state index in [1.165, 1.54) is 5.56 Å². The molecule has 0 spiro atoms. The van der Waals surface area contributed by atoms with E-state index in [1.54, 1.807) is 13.8 Å². The first kappa shape index (κ1) is 16.5. The number of nitrogens with one attached hydrogen (secondary N) is 1. The molecule has 0 unspecified atom stereocenters. The summed E-state index contributed by atoms with van der Waals surface area (Å²) in [6, 6.07) is 4.09. The molecule has 0 aliphatic carbocycles. The van der Waals surface area contributed by atoms with Gasteiger partial charge < -0.3 is 15.2 Å². The van der Waals surface area contributed by atoms with Crippen LogP contribution in [0.3, 0.4) is 0 Å². The largest absolute Gasteiger partial charge is 0.493 e. The summed E-state index contributed by atoms with van der Waals surface area (Å²) in [7, 11) is 0. The molecule has 0 fully saturated rings. The summed E-state index contributed by atoms with van der Waals surface area (Å²) in [6.07, 6.45) is 0.274. The summed E-state index contributed by atoms with van der Waals surface area (Å²) in [5, 5.41) is 11.9. The zero-order valence-electron chi connectivity index (χ0n) is 13.0. The molecule has 1 aromatic carbocycles. The Morgan fingerprint density at radius 2 is 1.95 bits per heavy atom. The zero-order chi connectivity index (χ0) is 15.3. The maximum absolute atomic E-state index is 11.7. The minimum Gasteiger partial charge on any atom is -0.493 e. The van der Waals surface area contributed by atoms with Crippen LogP contribution in [0.25, 0.3) is 0 Å². The van der Waals surface area contributed by atoms with Crippen molar-refractivity contribution < 1.29 is 14.6 Å². The Balaban J connectivity index is 2.51. The number of benzene rings is 1. The van der Waals surface area contributed by atoms with Crippen LogP contribution in [-0.2, 0) is 4.79 Å². The fraction of sp³-hybridized carbons (Fsp3) is 0.562. The molecule has 0 saturated carbocycles. The lowest BCUT2D eigenvalue weighted by molar-refractivity contribution is -0.123. The molecule has 0 saturated heterocycles. The maximum Gasteiger partial charge on any atom is 0.223 e. The average molecular weight is 279 g/mol. The number of hydrogen-bond donors (Lipinski definition) is 2. The van der Waals surface area contributed by atoms with Gasteiger partial charge in [-0.05, 0) is 57.4 Å². The Morgan fingerprint density at radius 1 is 1.30 bits per heavy atom. The third-order valence-corrected chi connectivity index (χ3v) is 3.22. The predicted molar refractivity (Wildman–Crippen MR) is 80.1 cm³/mol. The van der Waals surface area contributed by atoms with Crippen LogP contribution in [0.5, 0.6) is 5.75 Å².